The van der Waals surface area contributed by atoms with Crippen LogP contribution in [0.4, 0.5) is 0 Å². The molecule has 84 valence electrons. The lowest BCUT2D eigenvalue weighted by molar-refractivity contribution is 0.634. The molecule has 0 aromatic carbocycles. The summed E-state index contributed by atoms with van der Waals surface area (Å²) in [4.78, 5) is 8.84. The van der Waals surface area contributed by atoms with Crippen molar-refractivity contribution < 1.29 is 0 Å². The topological polar surface area (TPSA) is 28.7 Å². The minimum Gasteiger partial charge on any atom is -0.342 e. The summed E-state index contributed by atoms with van der Waals surface area (Å²) in [5.74, 6) is 1.50. The van der Waals surface area contributed by atoms with Gasteiger partial charge >= 0.3 is 0 Å². The standard InChI is InChI=1S/C12H14N2S2/c1-8(2)6-9-7-11(15)14-12(13-9)10-4-3-5-16-10/h3-5,7-8H,6H2,1-2H3,(H,13,14,15). The molecule has 4 heteroatoms. The summed E-state index contributed by atoms with van der Waals surface area (Å²) in [5.41, 5.74) is 1.17. The summed E-state index contributed by atoms with van der Waals surface area (Å²) < 4.78 is 0.665. The first-order valence-electron chi connectivity index (χ1n) is 5.29. The molecule has 0 saturated heterocycles. The Bertz CT molecular complexity index is 512. The number of rotatable bonds is 3. The Hall–Kier alpha value is -1.00. The van der Waals surface area contributed by atoms with Gasteiger partial charge in [0.05, 0.1) is 4.88 Å². The van der Waals surface area contributed by atoms with E-state index in [4.69, 9.17) is 12.2 Å². The van der Waals surface area contributed by atoms with Gasteiger partial charge in [-0.15, -0.1) is 11.3 Å². The zero-order chi connectivity index (χ0) is 11.5. The van der Waals surface area contributed by atoms with Gasteiger partial charge in [-0.3, -0.25) is 0 Å². The Morgan fingerprint density at radius 2 is 2.31 bits per heavy atom. The van der Waals surface area contributed by atoms with E-state index in [2.05, 4.69) is 29.9 Å². The second kappa shape index (κ2) is 4.89. The maximum atomic E-state index is 5.19. The van der Waals surface area contributed by atoms with Crippen LogP contribution in [-0.2, 0) is 6.42 Å². The lowest BCUT2D eigenvalue weighted by Crippen LogP contribution is -2.00. The van der Waals surface area contributed by atoms with Crippen molar-refractivity contribution in [2.45, 2.75) is 20.3 Å². The normalized spacial score (nSPS) is 10.9. The van der Waals surface area contributed by atoms with Gasteiger partial charge in [0.2, 0.25) is 0 Å². The molecule has 0 bridgehead atoms. The van der Waals surface area contributed by atoms with Gasteiger partial charge in [-0.25, -0.2) is 4.98 Å². The molecule has 16 heavy (non-hydrogen) atoms. The third-order valence-electron chi connectivity index (χ3n) is 2.18. The smallest absolute Gasteiger partial charge is 0.149 e. The van der Waals surface area contributed by atoms with E-state index in [9.17, 15) is 0 Å². The molecule has 1 N–H and O–H groups in total. The molecule has 2 aromatic heterocycles. The molecular formula is C12H14N2S2. The highest BCUT2D eigenvalue weighted by Gasteiger charge is 2.04. The molecule has 0 unspecified atom stereocenters. The molecule has 2 rings (SSSR count). The summed E-state index contributed by atoms with van der Waals surface area (Å²) in [7, 11) is 0. The van der Waals surface area contributed by atoms with Crippen molar-refractivity contribution in [2.75, 3.05) is 0 Å². The minimum atomic E-state index is 0.615. The summed E-state index contributed by atoms with van der Waals surface area (Å²) >= 11 is 6.86. The van der Waals surface area contributed by atoms with Gasteiger partial charge in [0, 0.05) is 5.69 Å². The number of nitrogens with one attached hydrogen (secondary N) is 1. The van der Waals surface area contributed by atoms with Crippen molar-refractivity contribution in [3.05, 3.63) is 33.9 Å². The highest BCUT2D eigenvalue weighted by Crippen LogP contribution is 2.21. The molecule has 0 aliphatic heterocycles. The lowest BCUT2D eigenvalue weighted by Gasteiger charge is -2.06. The van der Waals surface area contributed by atoms with Crippen molar-refractivity contribution in [1.82, 2.24) is 9.97 Å². The first-order valence-corrected chi connectivity index (χ1v) is 6.58. The Kier molecular flexibility index (Phi) is 3.51. The molecule has 2 heterocycles. The minimum absolute atomic E-state index is 0.615. The molecule has 0 fully saturated rings. The molecule has 0 aliphatic carbocycles. The highest BCUT2D eigenvalue weighted by atomic mass is 32.1. The van der Waals surface area contributed by atoms with Crippen LogP contribution >= 0.6 is 23.6 Å². The molecule has 0 radical (unpaired) electrons. The Balaban J connectivity index is 2.40. The SMILES string of the molecule is CC(C)Cc1cc(=S)nc(-c2cccs2)[nH]1. The monoisotopic (exact) mass is 250 g/mol. The second-order valence-corrected chi connectivity index (χ2v) is 5.53. The van der Waals surface area contributed by atoms with E-state index in [1.807, 2.05) is 17.5 Å². The number of aromatic amines is 1. The van der Waals surface area contributed by atoms with Crippen LogP contribution in [0.5, 0.6) is 0 Å². The molecule has 2 aromatic rings. The lowest BCUT2D eigenvalue weighted by atomic mass is 10.1. The van der Waals surface area contributed by atoms with Gasteiger partial charge in [0.15, 0.2) is 0 Å². The zero-order valence-electron chi connectivity index (χ0n) is 9.36. The summed E-state index contributed by atoms with van der Waals surface area (Å²) in [6, 6.07) is 6.03. The van der Waals surface area contributed by atoms with E-state index >= 15 is 0 Å². The zero-order valence-corrected chi connectivity index (χ0v) is 11.0. The van der Waals surface area contributed by atoms with Crippen LogP contribution in [0.15, 0.2) is 23.6 Å². The van der Waals surface area contributed by atoms with E-state index in [-0.39, 0.29) is 0 Å². The van der Waals surface area contributed by atoms with Crippen LogP contribution in [0, 0.1) is 10.6 Å². The summed E-state index contributed by atoms with van der Waals surface area (Å²) in [6.45, 7) is 4.39. The Labute approximate surface area is 104 Å². The van der Waals surface area contributed by atoms with Gasteiger partial charge in [-0.1, -0.05) is 32.1 Å². The molecule has 0 spiro atoms. The quantitative estimate of drug-likeness (QED) is 0.832. The van der Waals surface area contributed by atoms with Crippen LogP contribution in [0.25, 0.3) is 10.7 Å². The van der Waals surface area contributed by atoms with Gasteiger partial charge in [0.1, 0.15) is 10.5 Å². The largest absolute Gasteiger partial charge is 0.342 e. The first kappa shape index (κ1) is 11.5. The average Bonchev–Trinajstić information content (AvgIpc) is 2.67. The number of aromatic nitrogens is 2. The predicted octanol–water partition coefficient (Wildman–Crippen LogP) is 4.07. The van der Waals surface area contributed by atoms with Crippen molar-refractivity contribution in [3.8, 4) is 10.7 Å². The predicted molar refractivity (Wildman–Crippen MR) is 71.3 cm³/mol. The Morgan fingerprint density at radius 1 is 1.50 bits per heavy atom. The maximum absolute atomic E-state index is 5.19. The van der Waals surface area contributed by atoms with Crippen molar-refractivity contribution in [2.24, 2.45) is 5.92 Å². The maximum Gasteiger partial charge on any atom is 0.149 e. The average molecular weight is 250 g/mol. The van der Waals surface area contributed by atoms with E-state index in [1.165, 1.54) is 5.69 Å². The van der Waals surface area contributed by atoms with Crippen LogP contribution in [0.1, 0.15) is 19.5 Å². The third kappa shape index (κ3) is 2.77. The number of hydrogen-bond acceptors (Lipinski definition) is 3. The van der Waals surface area contributed by atoms with E-state index in [0.717, 1.165) is 17.1 Å². The van der Waals surface area contributed by atoms with Gasteiger partial charge in [-0.2, -0.15) is 0 Å². The second-order valence-electron chi connectivity index (χ2n) is 4.17. The fourth-order valence-electron chi connectivity index (χ4n) is 1.59. The van der Waals surface area contributed by atoms with E-state index in [1.54, 1.807) is 11.3 Å². The van der Waals surface area contributed by atoms with Crippen LogP contribution in [0.2, 0.25) is 0 Å². The fourth-order valence-corrected chi connectivity index (χ4v) is 2.49. The van der Waals surface area contributed by atoms with Crippen LogP contribution in [0.3, 0.4) is 0 Å². The van der Waals surface area contributed by atoms with E-state index in [0.29, 0.717) is 10.6 Å². The summed E-state index contributed by atoms with van der Waals surface area (Å²) in [5, 5.41) is 2.04. The van der Waals surface area contributed by atoms with Crippen molar-refractivity contribution >= 4 is 23.6 Å². The molecule has 2 nitrogen and oxygen atoms in total. The number of hydrogen-bond donors (Lipinski definition) is 1. The number of H-pyrrole nitrogens is 1. The molecule has 0 saturated carbocycles. The van der Waals surface area contributed by atoms with Gasteiger partial charge in [-0.05, 0) is 29.9 Å². The molecule has 0 amide bonds. The van der Waals surface area contributed by atoms with Crippen molar-refractivity contribution in [1.29, 1.82) is 0 Å². The molecular weight excluding hydrogens is 236 g/mol. The van der Waals surface area contributed by atoms with E-state index < -0.39 is 0 Å². The number of nitrogens with zero attached hydrogens (tertiary/aromatic N) is 1. The van der Waals surface area contributed by atoms with Gasteiger partial charge in [0.25, 0.3) is 0 Å². The molecule has 0 aliphatic rings. The van der Waals surface area contributed by atoms with Crippen LogP contribution < -0.4 is 0 Å². The highest BCUT2D eigenvalue weighted by molar-refractivity contribution is 7.71. The van der Waals surface area contributed by atoms with Crippen LogP contribution in [-0.4, -0.2) is 9.97 Å². The third-order valence-corrected chi connectivity index (χ3v) is 3.27. The summed E-state index contributed by atoms with van der Waals surface area (Å²) in [6.07, 6.45) is 1.00. The van der Waals surface area contributed by atoms with Crippen molar-refractivity contribution in [3.63, 3.8) is 0 Å². The van der Waals surface area contributed by atoms with Gasteiger partial charge < -0.3 is 4.98 Å². The number of thiophene rings is 1. The Morgan fingerprint density at radius 3 is 2.94 bits per heavy atom. The first-order chi connectivity index (χ1) is 7.65. The fraction of sp³-hybridized carbons (Fsp3) is 0.333. The molecule has 0 atom stereocenters.